The lowest BCUT2D eigenvalue weighted by Gasteiger charge is -2.62. The zero-order valence-electron chi connectivity index (χ0n) is 28.1. The maximum atomic E-state index is 6.57. The van der Waals surface area contributed by atoms with Crippen LogP contribution in [0.5, 0.6) is 11.5 Å². The second kappa shape index (κ2) is 10.9. The van der Waals surface area contributed by atoms with Crippen LogP contribution in [0.25, 0.3) is 33.3 Å². The molecule has 11 rings (SSSR count). The van der Waals surface area contributed by atoms with Crippen molar-refractivity contribution in [2.45, 2.75) is 44.4 Å². The van der Waals surface area contributed by atoms with Gasteiger partial charge in [0.25, 0.3) is 0 Å². The number of pyridine rings is 1. The summed E-state index contributed by atoms with van der Waals surface area (Å²) in [7, 11) is 1.99. The van der Waals surface area contributed by atoms with Crippen molar-refractivity contribution in [1.82, 2.24) is 14.1 Å². The van der Waals surface area contributed by atoms with Crippen molar-refractivity contribution in [3.8, 4) is 23.0 Å². The highest BCUT2D eigenvalue weighted by Crippen LogP contribution is 2.65. The number of fused-ring (bicyclic) bond motifs is 3. The molecular weight excluding hydrogens is 601 g/mol. The molecule has 5 nitrogen and oxygen atoms in total. The first-order valence-corrected chi connectivity index (χ1v) is 17.9. The van der Waals surface area contributed by atoms with Crippen molar-refractivity contribution in [1.29, 1.82) is 0 Å². The first kappa shape index (κ1) is 28.8. The van der Waals surface area contributed by atoms with E-state index in [0.717, 1.165) is 51.6 Å². The largest absolute Gasteiger partial charge is 0.458 e. The Kier molecular flexibility index (Phi) is 6.43. The van der Waals surface area contributed by atoms with E-state index in [1.54, 1.807) is 0 Å². The van der Waals surface area contributed by atoms with Gasteiger partial charge in [-0.25, -0.2) is 4.98 Å². The third kappa shape index (κ3) is 4.44. The predicted octanol–water partition coefficient (Wildman–Crippen LogP) is 9.44. The van der Waals surface area contributed by atoms with Gasteiger partial charge in [-0.2, -0.15) is 0 Å². The Bertz CT molecular complexity index is 2340. The van der Waals surface area contributed by atoms with E-state index in [4.69, 9.17) is 9.72 Å². The van der Waals surface area contributed by atoms with Gasteiger partial charge < -0.3 is 13.9 Å². The molecule has 0 amide bonds. The van der Waals surface area contributed by atoms with Crippen LogP contribution in [-0.2, 0) is 12.5 Å². The average molecular weight is 641 g/mol. The molecule has 49 heavy (non-hydrogen) atoms. The van der Waals surface area contributed by atoms with Crippen LogP contribution in [0, 0.1) is 36.9 Å². The summed E-state index contributed by atoms with van der Waals surface area (Å²) in [6.07, 6.45) is 14.3. The van der Waals surface area contributed by atoms with Gasteiger partial charge in [0.15, 0.2) is 0 Å². The zero-order chi connectivity index (χ0) is 32.7. The Labute approximate surface area is 287 Å². The van der Waals surface area contributed by atoms with Crippen LogP contribution in [0.4, 0.5) is 0 Å². The fourth-order valence-corrected chi connectivity index (χ4v) is 10.5. The second-order valence-corrected chi connectivity index (χ2v) is 14.9. The normalized spacial score (nSPS) is 24.2. The highest BCUT2D eigenvalue weighted by molar-refractivity contribution is 6.09. The molecule has 3 aromatic heterocycles. The van der Waals surface area contributed by atoms with Crippen molar-refractivity contribution >= 4 is 21.8 Å². The molecular formula is C44H40N4O. The first-order valence-electron chi connectivity index (χ1n) is 17.9. The SMILES string of the molecule is Cc1c[n+](C)[c-]n1-c1cccc(Oc2ccc3c4ccccc4n(-c4cc(C5(c6ccccc6)C6CC7CC(C6)CC5C7)ccn4)c3c2)c1. The molecule has 3 heterocycles. The van der Waals surface area contributed by atoms with Crippen LogP contribution in [-0.4, -0.2) is 14.1 Å². The number of ether oxygens (including phenoxy) is 1. The molecule has 5 heteroatoms. The Morgan fingerprint density at radius 3 is 2.22 bits per heavy atom. The number of hydrogen-bond donors (Lipinski definition) is 0. The van der Waals surface area contributed by atoms with Crippen molar-refractivity contribution in [3.05, 3.63) is 145 Å². The molecule has 4 bridgehead atoms. The van der Waals surface area contributed by atoms with Crippen molar-refractivity contribution < 1.29 is 9.30 Å². The molecule has 4 aliphatic carbocycles. The number of aromatic nitrogens is 4. The van der Waals surface area contributed by atoms with Crippen LogP contribution >= 0.6 is 0 Å². The van der Waals surface area contributed by atoms with E-state index in [1.807, 2.05) is 23.7 Å². The number of hydrogen-bond acceptors (Lipinski definition) is 2. The Hall–Kier alpha value is -5.16. The number of rotatable bonds is 6. The summed E-state index contributed by atoms with van der Waals surface area (Å²) in [4.78, 5) is 5.10. The lowest BCUT2D eigenvalue weighted by Crippen LogP contribution is -2.56. The van der Waals surface area contributed by atoms with E-state index in [2.05, 4.69) is 132 Å². The maximum absolute atomic E-state index is 6.57. The smallest absolute Gasteiger partial charge is 0.243 e. The molecule has 242 valence electrons. The summed E-state index contributed by atoms with van der Waals surface area (Å²) < 4.78 is 12.9. The standard InChI is InChI=1S/C44H40N4O/c1-29-27-46(2)28-47(29)36-11-8-12-37(25-36)49-38-15-16-40-39-13-6-7-14-41(39)48(42(40)26-38)43-24-33(17-18-45-43)44(32-9-4-3-5-10-32)34-20-30-19-31(22-34)23-35(44)21-30/h3-18,24-27,30-31,34-35H,19-23H2,1-2H3. The summed E-state index contributed by atoms with van der Waals surface area (Å²) in [5.41, 5.74) is 7.33. The van der Waals surface area contributed by atoms with Gasteiger partial charge in [-0.05, 0) is 116 Å². The minimum Gasteiger partial charge on any atom is -0.458 e. The quantitative estimate of drug-likeness (QED) is 0.134. The summed E-state index contributed by atoms with van der Waals surface area (Å²) >= 11 is 0. The van der Waals surface area contributed by atoms with Crippen molar-refractivity contribution in [2.75, 3.05) is 0 Å². The molecule has 7 aromatic rings. The molecule has 4 aliphatic rings. The second-order valence-electron chi connectivity index (χ2n) is 14.9. The van der Waals surface area contributed by atoms with Gasteiger partial charge in [0.2, 0.25) is 6.33 Å². The fourth-order valence-electron chi connectivity index (χ4n) is 10.5. The first-order chi connectivity index (χ1) is 24.0. The molecule has 4 fully saturated rings. The molecule has 4 saturated carbocycles. The van der Waals surface area contributed by atoms with E-state index in [9.17, 15) is 0 Å². The minimum atomic E-state index is 0.0248. The highest BCUT2D eigenvalue weighted by Gasteiger charge is 2.58. The number of imidazole rings is 1. The van der Waals surface area contributed by atoms with Crippen LogP contribution in [0.3, 0.4) is 0 Å². The van der Waals surface area contributed by atoms with Crippen LogP contribution in [0.15, 0.2) is 122 Å². The third-order valence-corrected chi connectivity index (χ3v) is 12.1. The van der Waals surface area contributed by atoms with Crippen LogP contribution in [0.2, 0.25) is 0 Å². The third-order valence-electron chi connectivity index (χ3n) is 12.1. The van der Waals surface area contributed by atoms with Gasteiger partial charge in [-0.1, -0.05) is 60.7 Å². The van der Waals surface area contributed by atoms with Crippen molar-refractivity contribution in [3.63, 3.8) is 0 Å². The van der Waals surface area contributed by atoms with Gasteiger partial charge in [0.1, 0.15) is 17.3 Å². The number of nitrogens with zero attached hydrogens (tertiary/aromatic N) is 4. The van der Waals surface area contributed by atoms with Gasteiger partial charge in [-0.3, -0.25) is 4.57 Å². The molecule has 0 atom stereocenters. The summed E-state index contributed by atoms with van der Waals surface area (Å²) in [5, 5.41) is 2.42. The van der Waals surface area contributed by atoms with Crippen LogP contribution in [0.1, 0.15) is 48.9 Å². The van der Waals surface area contributed by atoms with E-state index in [-0.39, 0.29) is 5.41 Å². The molecule has 4 aromatic carbocycles. The summed E-state index contributed by atoms with van der Waals surface area (Å²) in [6.45, 7) is 2.09. The highest BCUT2D eigenvalue weighted by atomic mass is 16.5. The monoisotopic (exact) mass is 640 g/mol. The molecule has 0 N–H and O–H groups in total. The molecule has 0 spiro atoms. The predicted molar refractivity (Wildman–Crippen MR) is 193 cm³/mol. The molecule has 0 saturated heterocycles. The molecule has 0 radical (unpaired) electrons. The minimum absolute atomic E-state index is 0.0248. The summed E-state index contributed by atoms with van der Waals surface area (Å²) in [5.74, 6) is 5.69. The van der Waals surface area contributed by atoms with Crippen molar-refractivity contribution in [2.24, 2.45) is 30.7 Å². The topological polar surface area (TPSA) is 35.9 Å². The number of benzene rings is 4. The van der Waals surface area contributed by atoms with E-state index < -0.39 is 0 Å². The fraction of sp³-hybridized carbons (Fsp3) is 0.273. The maximum Gasteiger partial charge on any atom is 0.243 e. The van der Waals surface area contributed by atoms with E-state index in [1.165, 1.54) is 54.0 Å². The van der Waals surface area contributed by atoms with E-state index in [0.29, 0.717) is 11.8 Å². The van der Waals surface area contributed by atoms with Gasteiger partial charge in [-0.15, -0.1) is 0 Å². The molecule has 0 unspecified atom stereocenters. The Morgan fingerprint density at radius 1 is 0.714 bits per heavy atom. The average Bonchev–Trinajstić information content (AvgIpc) is 3.64. The van der Waals surface area contributed by atoms with Gasteiger partial charge >= 0.3 is 0 Å². The number of aryl methyl sites for hydroxylation is 2. The molecule has 0 aliphatic heterocycles. The van der Waals surface area contributed by atoms with E-state index >= 15 is 0 Å². The Balaban J connectivity index is 1.10. The van der Waals surface area contributed by atoms with Gasteiger partial charge in [0.05, 0.1) is 23.8 Å². The zero-order valence-corrected chi connectivity index (χ0v) is 28.1. The van der Waals surface area contributed by atoms with Crippen LogP contribution < -0.4 is 9.30 Å². The summed E-state index contributed by atoms with van der Waals surface area (Å²) in [6, 6.07) is 39.6. The lowest BCUT2D eigenvalue weighted by atomic mass is 9.42. The number of para-hydroxylation sites is 1. The Morgan fingerprint density at radius 2 is 1.45 bits per heavy atom. The van der Waals surface area contributed by atoms with Gasteiger partial charge in [0, 0.05) is 40.3 Å². The lowest BCUT2D eigenvalue weighted by molar-refractivity contribution is -0.675.